The number of hydrogen-bond acceptors (Lipinski definition) is 6. The number of fused-ring (bicyclic) bond motifs is 1. The Bertz CT molecular complexity index is 1010. The number of anilines is 2. The standard InChI is InChI=1S/C19H22N6O/c1-10(26)11-5-6-12-8-14(24-13(12)7-11)16(20)15-17(21)22-9-23-18(15)25-19(2,3)4/h5-9,20,24,26H,1H2,2-4H3,(H3,21,22,23,25). The summed E-state index contributed by atoms with van der Waals surface area (Å²) < 4.78 is 0. The van der Waals surface area contributed by atoms with E-state index in [4.69, 9.17) is 11.1 Å². The molecule has 0 aliphatic heterocycles. The van der Waals surface area contributed by atoms with Crippen LogP contribution in [0.2, 0.25) is 0 Å². The van der Waals surface area contributed by atoms with Crippen LogP contribution in [0.3, 0.4) is 0 Å². The average Bonchev–Trinajstić information content (AvgIpc) is 2.96. The minimum Gasteiger partial charge on any atom is -0.508 e. The molecule has 26 heavy (non-hydrogen) atoms. The van der Waals surface area contributed by atoms with Gasteiger partial charge in [0.1, 0.15) is 23.7 Å². The minimum absolute atomic E-state index is 0.00417. The second-order valence-corrected chi connectivity index (χ2v) is 7.16. The summed E-state index contributed by atoms with van der Waals surface area (Å²) in [5.41, 5.74) is 8.43. The van der Waals surface area contributed by atoms with E-state index in [2.05, 4.69) is 26.8 Å². The number of nitrogen functional groups attached to an aromatic ring is 1. The third-order valence-corrected chi connectivity index (χ3v) is 3.85. The van der Waals surface area contributed by atoms with Gasteiger partial charge in [0, 0.05) is 22.0 Å². The molecule has 6 N–H and O–H groups in total. The van der Waals surface area contributed by atoms with Crippen LogP contribution in [-0.2, 0) is 0 Å². The van der Waals surface area contributed by atoms with Crippen LogP contribution in [0.1, 0.15) is 37.6 Å². The van der Waals surface area contributed by atoms with Gasteiger partial charge >= 0.3 is 0 Å². The zero-order valence-corrected chi connectivity index (χ0v) is 15.0. The minimum atomic E-state index is -0.243. The maximum atomic E-state index is 9.57. The molecule has 0 radical (unpaired) electrons. The summed E-state index contributed by atoms with van der Waals surface area (Å²) in [6, 6.07) is 7.28. The van der Waals surface area contributed by atoms with E-state index in [1.165, 1.54) is 6.33 Å². The zero-order valence-electron chi connectivity index (χ0n) is 15.0. The van der Waals surface area contributed by atoms with Gasteiger partial charge in [-0.2, -0.15) is 0 Å². The number of H-pyrrole nitrogens is 1. The van der Waals surface area contributed by atoms with Gasteiger partial charge in [-0.1, -0.05) is 18.7 Å². The molecule has 0 fully saturated rings. The van der Waals surface area contributed by atoms with E-state index in [0.717, 1.165) is 10.9 Å². The molecule has 2 aromatic heterocycles. The normalized spacial score (nSPS) is 11.5. The van der Waals surface area contributed by atoms with E-state index >= 15 is 0 Å². The summed E-state index contributed by atoms with van der Waals surface area (Å²) in [6.45, 7) is 9.55. The Morgan fingerprint density at radius 3 is 2.65 bits per heavy atom. The largest absolute Gasteiger partial charge is 0.508 e. The lowest BCUT2D eigenvalue weighted by Gasteiger charge is -2.23. The van der Waals surface area contributed by atoms with Crippen molar-refractivity contribution in [3.05, 3.63) is 54.0 Å². The van der Waals surface area contributed by atoms with Crippen molar-refractivity contribution < 1.29 is 5.11 Å². The maximum Gasteiger partial charge on any atom is 0.141 e. The lowest BCUT2D eigenvalue weighted by atomic mass is 10.1. The van der Waals surface area contributed by atoms with Crippen LogP contribution < -0.4 is 11.1 Å². The summed E-state index contributed by atoms with van der Waals surface area (Å²) in [7, 11) is 0. The first-order valence-corrected chi connectivity index (χ1v) is 8.14. The number of nitrogens with two attached hydrogens (primary N) is 1. The Kier molecular flexibility index (Phi) is 4.15. The first-order chi connectivity index (χ1) is 12.2. The molecule has 0 saturated carbocycles. The van der Waals surface area contributed by atoms with Crippen molar-refractivity contribution in [3.63, 3.8) is 0 Å². The summed E-state index contributed by atoms with van der Waals surface area (Å²) in [4.78, 5) is 11.5. The predicted molar refractivity (Wildman–Crippen MR) is 106 cm³/mol. The fourth-order valence-corrected chi connectivity index (χ4v) is 2.67. The van der Waals surface area contributed by atoms with E-state index in [-0.39, 0.29) is 22.8 Å². The second kappa shape index (κ2) is 6.18. The Morgan fingerprint density at radius 1 is 1.27 bits per heavy atom. The summed E-state index contributed by atoms with van der Waals surface area (Å²) in [5, 5.41) is 22.4. The van der Waals surface area contributed by atoms with Crippen molar-refractivity contribution in [3.8, 4) is 0 Å². The van der Waals surface area contributed by atoms with Gasteiger partial charge in [0.2, 0.25) is 0 Å². The number of nitrogens with one attached hydrogen (secondary N) is 3. The molecule has 0 amide bonds. The smallest absolute Gasteiger partial charge is 0.141 e. The quantitative estimate of drug-likeness (QED) is 0.362. The van der Waals surface area contributed by atoms with Crippen LogP contribution in [0.4, 0.5) is 11.6 Å². The molecule has 0 saturated heterocycles. The first kappa shape index (κ1) is 17.5. The summed E-state index contributed by atoms with van der Waals surface area (Å²) in [5.74, 6) is 0.744. The van der Waals surface area contributed by atoms with E-state index < -0.39 is 0 Å². The lowest BCUT2D eigenvalue weighted by molar-refractivity contribution is 0.514. The van der Waals surface area contributed by atoms with Crippen molar-refractivity contribution >= 4 is 34.0 Å². The Balaban J connectivity index is 2.07. The highest BCUT2D eigenvalue weighted by Gasteiger charge is 2.21. The number of nitrogens with zero attached hydrogens (tertiary/aromatic N) is 2. The first-order valence-electron chi connectivity index (χ1n) is 8.14. The number of rotatable bonds is 4. The maximum absolute atomic E-state index is 9.57. The molecule has 0 bridgehead atoms. The SMILES string of the molecule is C=C(O)c1ccc2cc(C(=N)c3c(N)ncnc3NC(C)(C)C)[nH]c2c1. The zero-order chi connectivity index (χ0) is 19.1. The summed E-state index contributed by atoms with van der Waals surface area (Å²) in [6.07, 6.45) is 1.38. The second-order valence-electron chi connectivity index (χ2n) is 7.16. The number of hydrogen-bond donors (Lipinski definition) is 5. The van der Waals surface area contributed by atoms with Crippen LogP contribution in [0.25, 0.3) is 16.7 Å². The van der Waals surface area contributed by atoms with Crippen molar-refractivity contribution in [2.45, 2.75) is 26.3 Å². The van der Waals surface area contributed by atoms with Gasteiger partial charge in [0.15, 0.2) is 0 Å². The van der Waals surface area contributed by atoms with Gasteiger partial charge in [-0.3, -0.25) is 5.41 Å². The Labute approximate surface area is 151 Å². The topological polar surface area (TPSA) is 124 Å². The van der Waals surface area contributed by atoms with E-state index in [1.807, 2.05) is 32.9 Å². The van der Waals surface area contributed by atoms with Crippen molar-refractivity contribution in [2.24, 2.45) is 0 Å². The van der Waals surface area contributed by atoms with Crippen LogP contribution in [-0.4, -0.2) is 31.3 Å². The van der Waals surface area contributed by atoms with Crippen LogP contribution in [0, 0.1) is 5.41 Å². The molecule has 1 aromatic carbocycles. The monoisotopic (exact) mass is 350 g/mol. The molecule has 7 heteroatoms. The fraction of sp³-hybridized carbons (Fsp3) is 0.211. The van der Waals surface area contributed by atoms with Gasteiger partial charge < -0.3 is 21.1 Å². The Hall–Kier alpha value is -3.35. The molecule has 0 aliphatic carbocycles. The molecule has 3 rings (SSSR count). The van der Waals surface area contributed by atoms with Gasteiger partial charge in [0.25, 0.3) is 0 Å². The third kappa shape index (κ3) is 3.37. The Morgan fingerprint density at radius 2 is 2.00 bits per heavy atom. The van der Waals surface area contributed by atoms with E-state index in [0.29, 0.717) is 22.6 Å². The molecule has 2 heterocycles. The fourth-order valence-electron chi connectivity index (χ4n) is 2.67. The molecule has 0 spiro atoms. The molecule has 0 aliphatic rings. The van der Waals surface area contributed by atoms with Crippen molar-refractivity contribution in [2.75, 3.05) is 11.1 Å². The molecule has 0 unspecified atom stereocenters. The number of aliphatic hydroxyl groups excluding tert-OH is 1. The average molecular weight is 350 g/mol. The van der Waals surface area contributed by atoms with Gasteiger partial charge in [-0.25, -0.2) is 9.97 Å². The molecule has 7 nitrogen and oxygen atoms in total. The predicted octanol–water partition coefficient (Wildman–Crippen LogP) is 3.70. The highest BCUT2D eigenvalue weighted by Crippen LogP contribution is 2.26. The van der Waals surface area contributed by atoms with Crippen LogP contribution in [0.5, 0.6) is 0 Å². The van der Waals surface area contributed by atoms with E-state index in [9.17, 15) is 5.11 Å². The molecule has 3 aromatic rings. The summed E-state index contributed by atoms with van der Waals surface area (Å²) >= 11 is 0. The number of aromatic amines is 1. The molecular weight excluding hydrogens is 328 g/mol. The molecule has 134 valence electrons. The lowest BCUT2D eigenvalue weighted by Crippen LogP contribution is -2.28. The van der Waals surface area contributed by atoms with Gasteiger partial charge in [-0.05, 0) is 32.9 Å². The van der Waals surface area contributed by atoms with E-state index in [1.54, 1.807) is 12.1 Å². The molecular formula is C19H22N6O. The number of benzene rings is 1. The number of aliphatic hydroxyl groups is 1. The van der Waals surface area contributed by atoms with Crippen LogP contribution in [0.15, 0.2) is 37.2 Å². The van der Waals surface area contributed by atoms with Gasteiger partial charge in [-0.15, -0.1) is 0 Å². The van der Waals surface area contributed by atoms with Crippen molar-refractivity contribution in [1.29, 1.82) is 5.41 Å². The van der Waals surface area contributed by atoms with Crippen molar-refractivity contribution in [1.82, 2.24) is 15.0 Å². The number of aromatic nitrogens is 3. The molecule has 0 atom stereocenters. The van der Waals surface area contributed by atoms with Gasteiger partial charge in [0.05, 0.1) is 17.0 Å². The highest BCUT2D eigenvalue weighted by molar-refractivity contribution is 6.16. The van der Waals surface area contributed by atoms with Crippen LogP contribution >= 0.6 is 0 Å². The highest BCUT2D eigenvalue weighted by atomic mass is 16.3. The third-order valence-electron chi connectivity index (χ3n) is 3.85.